The highest BCUT2D eigenvalue weighted by Crippen LogP contribution is 2.29. The van der Waals surface area contributed by atoms with Gasteiger partial charge in [0.1, 0.15) is 0 Å². The SMILES string of the molecule is CC[C@H](N)C(=O)N1CC(C)Cc2ccccc21. The minimum absolute atomic E-state index is 0.0477. The lowest BCUT2D eigenvalue weighted by molar-refractivity contribution is -0.120. The van der Waals surface area contributed by atoms with Crippen LogP contribution < -0.4 is 10.6 Å². The van der Waals surface area contributed by atoms with Crippen LogP contribution in [0.25, 0.3) is 0 Å². The number of hydrogen-bond acceptors (Lipinski definition) is 2. The number of anilines is 1. The Morgan fingerprint density at radius 1 is 1.53 bits per heavy atom. The molecule has 3 heteroatoms. The minimum Gasteiger partial charge on any atom is -0.320 e. The topological polar surface area (TPSA) is 46.3 Å². The van der Waals surface area contributed by atoms with Gasteiger partial charge < -0.3 is 10.6 Å². The molecule has 0 aliphatic carbocycles. The number of rotatable bonds is 2. The fourth-order valence-electron chi connectivity index (χ4n) is 2.38. The van der Waals surface area contributed by atoms with Gasteiger partial charge in [0.2, 0.25) is 5.91 Å². The van der Waals surface area contributed by atoms with Gasteiger partial charge >= 0.3 is 0 Å². The van der Waals surface area contributed by atoms with Crippen molar-refractivity contribution >= 4 is 11.6 Å². The highest BCUT2D eigenvalue weighted by atomic mass is 16.2. The summed E-state index contributed by atoms with van der Waals surface area (Å²) in [5.41, 5.74) is 8.15. The second-order valence-corrected chi connectivity index (χ2v) is 4.90. The molecule has 1 heterocycles. The first kappa shape index (κ1) is 12.1. The van der Waals surface area contributed by atoms with E-state index in [1.165, 1.54) is 5.56 Å². The summed E-state index contributed by atoms with van der Waals surface area (Å²) >= 11 is 0. The molecule has 92 valence electrons. The molecule has 0 spiro atoms. The average Bonchev–Trinajstić information content (AvgIpc) is 2.35. The van der Waals surface area contributed by atoms with Crippen molar-refractivity contribution in [3.05, 3.63) is 29.8 Å². The van der Waals surface area contributed by atoms with Gasteiger partial charge in [-0.15, -0.1) is 0 Å². The Labute approximate surface area is 103 Å². The van der Waals surface area contributed by atoms with E-state index in [9.17, 15) is 4.79 Å². The summed E-state index contributed by atoms with van der Waals surface area (Å²) < 4.78 is 0. The maximum Gasteiger partial charge on any atom is 0.243 e. The Hall–Kier alpha value is -1.35. The van der Waals surface area contributed by atoms with E-state index in [0.717, 1.165) is 18.7 Å². The molecule has 0 saturated heterocycles. The molecule has 17 heavy (non-hydrogen) atoms. The van der Waals surface area contributed by atoms with E-state index in [-0.39, 0.29) is 11.9 Å². The first-order valence-electron chi connectivity index (χ1n) is 6.28. The van der Waals surface area contributed by atoms with Crippen LogP contribution in [-0.4, -0.2) is 18.5 Å². The second kappa shape index (κ2) is 4.88. The molecule has 0 fully saturated rings. The van der Waals surface area contributed by atoms with Crippen molar-refractivity contribution in [2.75, 3.05) is 11.4 Å². The molecule has 0 radical (unpaired) electrons. The lowest BCUT2D eigenvalue weighted by Gasteiger charge is -2.34. The van der Waals surface area contributed by atoms with Crippen molar-refractivity contribution < 1.29 is 4.79 Å². The number of benzene rings is 1. The molecule has 0 aromatic heterocycles. The number of nitrogens with two attached hydrogens (primary N) is 1. The predicted molar refractivity (Wildman–Crippen MR) is 69.9 cm³/mol. The fraction of sp³-hybridized carbons (Fsp3) is 0.500. The quantitative estimate of drug-likeness (QED) is 0.847. The van der Waals surface area contributed by atoms with Crippen molar-refractivity contribution in [3.8, 4) is 0 Å². The van der Waals surface area contributed by atoms with Crippen molar-refractivity contribution in [3.63, 3.8) is 0 Å². The molecule has 1 unspecified atom stereocenters. The Balaban J connectivity index is 2.32. The Morgan fingerprint density at radius 2 is 2.24 bits per heavy atom. The molecular formula is C14H20N2O. The first-order valence-corrected chi connectivity index (χ1v) is 6.28. The molecule has 1 aromatic carbocycles. The zero-order chi connectivity index (χ0) is 12.4. The normalized spacial score (nSPS) is 20.9. The summed E-state index contributed by atoms with van der Waals surface area (Å²) in [6.07, 6.45) is 1.73. The molecule has 2 atom stereocenters. The number of para-hydroxylation sites is 1. The zero-order valence-corrected chi connectivity index (χ0v) is 10.5. The lowest BCUT2D eigenvalue weighted by Crippen LogP contribution is -2.47. The molecule has 1 aliphatic heterocycles. The second-order valence-electron chi connectivity index (χ2n) is 4.90. The lowest BCUT2D eigenvalue weighted by atomic mass is 9.93. The monoisotopic (exact) mass is 232 g/mol. The van der Waals surface area contributed by atoms with Crippen LogP contribution >= 0.6 is 0 Å². The van der Waals surface area contributed by atoms with Gasteiger partial charge in [-0.05, 0) is 30.4 Å². The van der Waals surface area contributed by atoms with Gasteiger partial charge in [0.05, 0.1) is 6.04 Å². The zero-order valence-electron chi connectivity index (χ0n) is 10.5. The van der Waals surface area contributed by atoms with Gasteiger partial charge in [0.25, 0.3) is 0 Å². The van der Waals surface area contributed by atoms with Gasteiger partial charge in [-0.25, -0.2) is 0 Å². The van der Waals surface area contributed by atoms with Crippen molar-refractivity contribution in [2.45, 2.75) is 32.7 Å². The summed E-state index contributed by atoms with van der Waals surface area (Å²) in [6, 6.07) is 7.74. The molecule has 1 aromatic rings. The largest absolute Gasteiger partial charge is 0.320 e. The van der Waals surface area contributed by atoms with Gasteiger partial charge in [0.15, 0.2) is 0 Å². The molecule has 2 rings (SSSR count). The van der Waals surface area contributed by atoms with E-state index in [1.54, 1.807) is 0 Å². The van der Waals surface area contributed by atoms with E-state index >= 15 is 0 Å². The molecular weight excluding hydrogens is 212 g/mol. The third-order valence-electron chi connectivity index (χ3n) is 3.37. The smallest absolute Gasteiger partial charge is 0.243 e. The van der Waals surface area contributed by atoms with Gasteiger partial charge in [-0.2, -0.15) is 0 Å². The van der Waals surface area contributed by atoms with Crippen LogP contribution in [0.5, 0.6) is 0 Å². The number of carbonyl (C=O) groups excluding carboxylic acids is 1. The van der Waals surface area contributed by atoms with Crippen LogP contribution in [-0.2, 0) is 11.2 Å². The van der Waals surface area contributed by atoms with Gasteiger partial charge in [-0.3, -0.25) is 4.79 Å². The molecule has 0 bridgehead atoms. The van der Waals surface area contributed by atoms with Crippen LogP contribution in [0.1, 0.15) is 25.8 Å². The maximum atomic E-state index is 12.2. The summed E-state index contributed by atoms with van der Waals surface area (Å²) in [5.74, 6) is 0.546. The standard InChI is InChI=1S/C14H20N2O/c1-3-12(15)14(17)16-9-10(2)8-11-6-4-5-7-13(11)16/h4-7,10,12H,3,8-9,15H2,1-2H3/t10?,12-/m0/s1. The van der Waals surface area contributed by atoms with Crippen molar-refractivity contribution in [2.24, 2.45) is 11.7 Å². The van der Waals surface area contributed by atoms with Crippen molar-refractivity contribution in [1.29, 1.82) is 0 Å². The van der Waals surface area contributed by atoms with Crippen LogP contribution in [0.3, 0.4) is 0 Å². The number of nitrogens with zero attached hydrogens (tertiary/aromatic N) is 1. The van der Waals surface area contributed by atoms with E-state index in [4.69, 9.17) is 5.73 Å². The third-order valence-corrected chi connectivity index (χ3v) is 3.37. The number of hydrogen-bond donors (Lipinski definition) is 1. The average molecular weight is 232 g/mol. The Morgan fingerprint density at radius 3 is 2.94 bits per heavy atom. The number of amides is 1. The summed E-state index contributed by atoms with van der Waals surface area (Å²) in [4.78, 5) is 14.1. The third kappa shape index (κ3) is 2.34. The first-order chi connectivity index (χ1) is 8.13. The van der Waals surface area contributed by atoms with E-state index in [1.807, 2.05) is 30.0 Å². The summed E-state index contributed by atoms with van der Waals surface area (Å²) in [6.45, 7) is 4.90. The van der Waals surface area contributed by atoms with Gasteiger partial charge in [-0.1, -0.05) is 32.0 Å². The van der Waals surface area contributed by atoms with Crippen LogP contribution in [0, 0.1) is 5.92 Å². The predicted octanol–water partition coefficient (Wildman–Crippen LogP) is 1.95. The minimum atomic E-state index is -0.381. The highest BCUT2D eigenvalue weighted by Gasteiger charge is 2.28. The van der Waals surface area contributed by atoms with E-state index in [0.29, 0.717) is 12.3 Å². The van der Waals surface area contributed by atoms with Crippen molar-refractivity contribution in [1.82, 2.24) is 0 Å². The number of fused-ring (bicyclic) bond motifs is 1. The van der Waals surface area contributed by atoms with Crippen LogP contribution in [0.15, 0.2) is 24.3 Å². The highest BCUT2D eigenvalue weighted by molar-refractivity contribution is 5.98. The Kier molecular flexibility index (Phi) is 3.48. The number of carbonyl (C=O) groups is 1. The molecule has 0 saturated carbocycles. The molecule has 3 nitrogen and oxygen atoms in total. The summed E-state index contributed by atoms with van der Waals surface area (Å²) in [5, 5.41) is 0. The van der Waals surface area contributed by atoms with E-state index < -0.39 is 0 Å². The molecule has 2 N–H and O–H groups in total. The molecule has 1 amide bonds. The van der Waals surface area contributed by atoms with Crippen LogP contribution in [0.4, 0.5) is 5.69 Å². The Bertz CT molecular complexity index is 416. The maximum absolute atomic E-state index is 12.2. The van der Waals surface area contributed by atoms with Crippen LogP contribution in [0.2, 0.25) is 0 Å². The fourth-order valence-corrected chi connectivity index (χ4v) is 2.38. The summed E-state index contributed by atoms with van der Waals surface area (Å²) in [7, 11) is 0. The molecule has 1 aliphatic rings. The van der Waals surface area contributed by atoms with E-state index in [2.05, 4.69) is 13.0 Å². The van der Waals surface area contributed by atoms with Gasteiger partial charge in [0, 0.05) is 12.2 Å².